The first-order valence-corrected chi connectivity index (χ1v) is 4.78. The zero-order valence-corrected chi connectivity index (χ0v) is 9.04. The highest BCUT2D eigenvalue weighted by atomic mass is 16.4. The van der Waals surface area contributed by atoms with E-state index >= 15 is 0 Å². The molecule has 0 aliphatic rings. The number of carbonyl (C=O) groups excluding carboxylic acids is 2. The molecule has 18 heavy (non-hydrogen) atoms. The monoisotopic (exact) mass is 254 g/mol. The highest BCUT2D eigenvalue weighted by Gasteiger charge is 2.23. The number of aliphatic carboxylic acids is 1. The summed E-state index contributed by atoms with van der Waals surface area (Å²) >= 11 is 0. The van der Waals surface area contributed by atoms with Crippen LogP contribution in [0.25, 0.3) is 0 Å². The number of rotatable bonds is 5. The van der Waals surface area contributed by atoms with Crippen molar-refractivity contribution in [3.05, 3.63) is 28.2 Å². The average molecular weight is 254 g/mol. The second-order valence-corrected chi connectivity index (χ2v) is 3.34. The van der Waals surface area contributed by atoms with Gasteiger partial charge in [-0.05, 0) is 6.07 Å². The quantitative estimate of drug-likeness (QED) is 0.468. The third-order valence-electron chi connectivity index (χ3n) is 1.92. The number of nitrogens with one attached hydrogen (secondary N) is 2. The van der Waals surface area contributed by atoms with E-state index in [4.69, 9.17) is 10.8 Å². The van der Waals surface area contributed by atoms with Gasteiger partial charge in [0.25, 0.3) is 11.5 Å². The summed E-state index contributed by atoms with van der Waals surface area (Å²) in [4.78, 5) is 43.6. The summed E-state index contributed by atoms with van der Waals surface area (Å²) in [6, 6.07) is 0.743. The van der Waals surface area contributed by atoms with Crippen LogP contribution in [0.1, 0.15) is 16.9 Å². The smallest absolute Gasteiger partial charge is 0.326 e. The number of carbonyl (C=O) groups is 3. The van der Waals surface area contributed by atoms with Crippen molar-refractivity contribution in [1.29, 1.82) is 0 Å². The third-order valence-corrected chi connectivity index (χ3v) is 1.92. The van der Waals surface area contributed by atoms with E-state index in [0.717, 1.165) is 12.1 Å². The van der Waals surface area contributed by atoms with E-state index in [-0.39, 0.29) is 5.69 Å². The molecule has 0 aliphatic heterocycles. The van der Waals surface area contributed by atoms with E-state index in [0.29, 0.717) is 0 Å². The van der Waals surface area contributed by atoms with Crippen molar-refractivity contribution in [1.82, 2.24) is 15.5 Å². The Hall–Kier alpha value is -2.71. The van der Waals surface area contributed by atoms with Crippen LogP contribution >= 0.6 is 0 Å². The van der Waals surface area contributed by atoms with E-state index in [1.165, 1.54) is 0 Å². The molecule has 9 heteroatoms. The second-order valence-electron chi connectivity index (χ2n) is 3.34. The average Bonchev–Trinajstić information content (AvgIpc) is 2.28. The number of carboxylic acids is 1. The Bertz CT molecular complexity index is 518. The summed E-state index contributed by atoms with van der Waals surface area (Å²) in [5, 5.41) is 16.3. The number of nitrogens with two attached hydrogens (primary N) is 1. The molecule has 1 aromatic rings. The van der Waals surface area contributed by atoms with Crippen molar-refractivity contribution < 1.29 is 19.5 Å². The molecule has 0 saturated heterocycles. The lowest BCUT2D eigenvalue weighted by Crippen LogP contribution is -2.43. The molecule has 1 aromatic heterocycles. The van der Waals surface area contributed by atoms with Gasteiger partial charge in [0.2, 0.25) is 5.91 Å². The third kappa shape index (κ3) is 3.70. The summed E-state index contributed by atoms with van der Waals surface area (Å²) < 4.78 is 0. The first-order chi connectivity index (χ1) is 8.40. The summed E-state index contributed by atoms with van der Waals surface area (Å²) in [6.45, 7) is 0. The molecule has 1 rings (SSSR count). The van der Waals surface area contributed by atoms with E-state index in [9.17, 15) is 19.2 Å². The van der Waals surface area contributed by atoms with Crippen LogP contribution in [0.4, 0.5) is 0 Å². The fourth-order valence-electron chi connectivity index (χ4n) is 1.10. The Morgan fingerprint density at radius 2 is 2.11 bits per heavy atom. The molecule has 0 aromatic carbocycles. The number of H-pyrrole nitrogens is 1. The van der Waals surface area contributed by atoms with Gasteiger partial charge in [-0.1, -0.05) is 0 Å². The number of aromatic amines is 1. The summed E-state index contributed by atoms with van der Waals surface area (Å²) in [6.07, 6.45) is -0.537. The Kier molecular flexibility index (Phi) is 4.13. The molecule has 1 heterocycles. The van der Waals surface area contributed by atoms with Crippen molar-refractivity contribution in [3.8, 4) is 0 Å². The minimum Gasteiger partial charge on any atom is -0.480 e. The Morgan fingerprint density at radius 3 is 2.56 bits per heavy atom. The van der Waals surface area contributed by atoms with Gasteiger partial charge in [0, 0.05) is 6.07 Å². The predicted octanol–water partition coefficient (Wildman–Crippen LogP) is -2.17. The lowest BCUT2D eigenvalue weighted by atomic mass is 10.2. The molecule has 96 valence electrons. The lowest BCUT2D eigenvalue weighted by Gasteiger charge is -2.11. The summed E-state index contributed by atoms with van der Waals surface area (Å²) in [7, 11) is 0. The number of hydrogen-bond donors (Lipinski definition) is 4. The van der Waals surface area contributed by atoms with Crippen LogP contribution in [-0.2, 0) is 9.59 Å². The zero-order chi connectivity index (χ0) is 13.7. The highest BCUT2D eigenvalue weighted by molar-refractivity contribution is 5.95. The van der Waals surface area contributed by atoms with E-state index < -0.39 is 35.8 Å². The minimum atomic E-state index is -1.44. The van der Waals surface area contributed by atoms with Gasteiger partial charge in [0.05, 0.1) is 6.42 Å². The zero-order valence-electron chi connectivity index (χ0n) is 9.04. The van der Waals surface area contributed by atoms with Crippen molar-refractivity contribution in [2.45, 2.75) is 12.5 Å². The normalized spacial score (nSPS) is 11.6. The molecular weight excluding hydrogens is 244 g/mol. The van der Waals surface area contributed by atoms with Gasteiger partial charge in [-0.3, -0.25) is 14.4 Å². The highest BCUT2D eigenvalue weighted by Crippen LogP contribution is 1.95. The molecular formula is C9H10N4O5. The van der Waals surface area contributed by atoms with Crippen molar-refractivity contribution in [3.63, 3.8) is 0 Å². The van der Waals surface area contributed by atoms with Crippen molar-refractivity contribution >= 4 is 17.8 Å². The van der Waals surface area contributed by atoms with Crippen LogP contribution < -0.4 is 16.6 Å². The molecule has 9 nitrogen and oxygen atoms in total. The standard InChI is InChI=1S/C9H10N4O5/c10-6(14)3-5(9(17)18)11-8(16)4-1-2-7(15)13-12-4/h1-2,5H,3H2,(H2,10,14)(H,11,16)(H,13,15)(H,17,18)/t5-/m1/s1. The maximum Gasteiger partial charge on any atom is 0.326 e. The number of nitrogens with zero attached hydrogens (tertiary/aromatic N) is 1. The predicted molar refractivity (Wildman–Crippen MR) is 57.6 cm³/mol. The molecule has 0 fully saturated rings. The first-order valence-electron chi connectivity index (χ1n) is 4.78. The van der Waals surface area contributed by atoms with Gasteiger partial charge in [0.1, 0.15) is 11.7 Å². The number of carboxylic acid groups (broad SMARTS) is 1. The van der Waals surface area contributed by atoms with Gasteiger partial charge in [-0.15, -0.1) is 0 Å². The Morgan fingerprint density at radius 1 is 1.44 bits per heavy atom. The molecule has 1 atom stereocenters. The molecule has 2 amide bonds. The SMILES string of the molecule is NC(=O)C[C@@H](NC(=O)c1ccc(=O)[nH]n1)C(=O)O. The molecule has 0 saturated carbocycles. The number of primary amides is 1. The number of aromatic nitrogens is 2. The maximum absolute atomic E-state index is 11.5. The Balaban J connectivity index is 2.78. The fourth-order valence-corrected chi connectivity index (χ4v) is 1.10. The minimum absolute atomic E-state index is 0.176. The number of hydrogen-bond acceptors (Lipinski definition) is 5. The maximum atomic E-state index is 11.5. The first kappa shape index (κ1) is 13.4. The number of amides is 2. The van der Waals surface area contributed by atoms with Crippen LogP contribution in [0.2, 0.25) is 0 Å². The Labute approximate surface area is 100.0 Å². The van der Waals surface area contributed by atoms with Crippen LogP contribution in [0, 0.1) is 0 Å². The van der Waals surface area contributed by atoms with Gasteiger partial charge in [0.15, 0.2) is 0 Å². The van der Waals surface area contributed by atoms with Crippen LogP contribution in [-0.4, -0.2) is 39.1 Å². The van der Waals surface area contributed by atoms with Crippen molar-refractivity contribution in [2.24, 2.45) is 5.73 Å². The lowest BCUT2D eigenvalue weighted by molar-refractivity contribution is -0.140. The summed E-state index contributed by atoms with van der Waals surface area (Å²) in [5.74, 6) is -3.09. The molecule has 5 N–H and O–H groups in total. The summed E-state index contributed by atoms with van der Waals surface area (Å²) in [5.41, 5.74) is 4.17. The molecule has 0 bridgehead atoms. The van der Waals surface area contributed by atoms with Gasteiger partial charge in [-0.25, -0.2) is 9.89 Å². The van der Waals surface area contributed by atoms with E-state index in [1.807, 2.05) is 5.10 Å². The van der Waals surface area contributed by atoms with E-state index in [2.05, 4.69) is 10.4 Å². The molecule has 0 aliphatic carbocycles. The van der Waals surface area contributed by atoms with Crippen LogP contribution in [0.3, 0.4) is 0 Å². The second kappa shape index (κ2) is 5.57. The largest absolute Gasteiger partial charge is 0.480 e. The van der Waals surface area contributed by atoms with Gasteiger partial charge < -0.3 is 16.2 Å². The van der Waals surface area contributed by atoms with Crippen LogP contribution in [0.15, 0.2) is 16.9 Å². The topological polar surface area (TPSA) is 155 Å². The van der Waals surface area contributed by atoms with Crippen LogP contribution in [0.5, 0.6) is 0 Å². The fraction of sp³-hybridized carbons (Fsp3) is 0.222. The molecule has 0 radical (unpaired) electrons. The van der Waals surface area contributed by atoms with E-state index in [1.54, 1.807) is 0 Å². The van der Waals surface area contributed by atoms with Gasteiger partial charge in [-0.2, -0.15) is 5.10 Å². The molecule has 0 unspecified atom stereocenters. The van der Waals surface area contributed by atoms with Gasteiger partial charge >= 0.3 is 5.97 Å². The van der Waals surface area contributed by atoms with Crippen molar-refractivity contribution in [2.75, 3.05) is 0 Å². The molecule has 0 spiro atoms.